The van der Waals surface area contributed by atoms with Crippen molar-refractivity contribution in [3.63, 3.8) is 0 Å². The van der Waals surface area contributed by atoms with E-state index in [-0.39, 0.29) is 24.2 Å². The highest BCUT2D eigenvalue weighted by Crippen LogP contribution is 2.47. The Morgan fingerprint density at radius 2 is 1.88 bits per heavy atom. The number of carbonyl (C=O) groups excluding carboxylic acids is 1. The van der Waals surface area contributed by atoms with E-state index in [1.165, 1.54) is 5.56 Å². The second-order valence-corrected chi connectivity index (χ2v) is 6.88. The van der Waals surface area contributed by atoms with Crippen molar-refractivity contribution in [2.45, 2.75) is 25.9 Å². The van der Waals surface area contributed by atoms with Crippen molar-refractivity contribution in [1.82, 2.24) is 5.32 Å². The fourth-order valence-corrected chi connectivity index (χ4v) is 2.89. The molecule has 2 aromatic carbocycles. The van der Waals surface area contributed by atoms with E-state index in [4.69, 9.17) is 10.5 Å². The first kappa shape index (κ1) is 20.3. The predicted octanol–water partition coefficient (Wildman–Crippen LogP) is 3.50. The van der Waals surface area contributed by atoms with Gasteiger partial charge in [-0.25, -0.2) is 0 Å². The number of nitrogens with two attached hydrogens (primary N) is 1. The summed E-state index contributed by atoms with van der Waals surface area (Å²) in [6, 6.07) is 18.2. The number of ether oxygens (including phenoxy) is 1. The van der Waals surface area contributed by atoms with Crippen LogP contribution in [0.4, 0.5) is 0 Å². The van der Waals surface area contributed by atoms with E-state index in [1.54, 1.807) is 0 Å². The second-order valence-electron chi connectivity index (χ2n) is 6.88. The number of benzene rings is 2. The Morgan fingerprint density at radius 3 is 2.54 bits per heavy atom. The lowest BCUT2D eigenvalue weighted by Crippen LogP contribution is -2.32. The van der Waals surface area contributed by atoms with Gasteiger partial charge in [0.2, 0.25) is 5.91 Å². The van der Waals surface area contributed by atoms with Crippen LogP contribution < -0.4 is 15.8 Å². The molecule has 140 valence electrons. The maximum absolute atomic E-state index is 12.2. The van der Waals surface area contributed by atoms with E-state index in [2.05, 4.69) is 17.4 Å². The van der Waals surface area contributed by atoms with E-state index in [1.807, 2.05) is 49.4 Å². The first-order valence-corrected chi connectivity index (χ1v) is 8.92. The van der Waals surface area contributed by atoms with Gasteiger partial charge in [0, 0.05) is 12.5 Å². The van der Waals surface area contributed by atoms with Gasteiger partial charge >= 0.3 is 0 Å². The van der Waals surface area contributed by atoms with Crippen molar-refractivity contribution in [2.24, 2.45) is 17.6 Å². The fourth-order valence-electron chi connectivity index (χ4n) is 2.89. The van der Waals surface area contributed by atoms with E-state index in [0.717, 1.165) is 17.7 Å². The maximum atomic E-state index is 12.2. The molecular weight excluding hydrogens is 348 g/mol. The highest BCUT2D eigenvalue weighted by molar-refractivity contribution is 5.85. The Bertz CT molecular complexity index is 691. The minimum absolute atomic E-state index is 0. The van der Waals surface area contributed by atoms with Crippen LogP contribution in [-0.2, 0) is 11.4 Å². The molecule has 1 amide bonds. The lowest BCUT2D eigenvalue weighted by molar-refractivity contribution is -0.122. The minimum atomic E-state index is 0. The van der Waals surface area contributed by atoms with Crippen LogP contribution in [-0.4, -0.2) is 19.0 Å². The quantitative estimate of drug-likeness (QED) is 0.743. The van der Waals surface area contributed by atoms with Crippen molar-refractivity contribution < 1.29 is 9.53 Å². The Kier molecular flexibility index (Phi) is 7.49. The molecule has 1 fully saturated rings. The van der Waals surface area contributed by atoms with Gasteiger partial charge in [-0.05, 0) is 48.1 Å². The van der Waals surface area contributed by atoms with Crippen LogP contribution >= 0.6 is 12.4 Å². The van der Waals surface area contributed by atoms with Crippen molar-refractivity contribution in [3.05, 3.63) is 65.7 Å². The minimum Gasteiger partial charge on any atom is -0.489 e. The summed E-state index contributed by atoms with van der Waals surface area (Å²) < 4.78 is 5.81. The van der Waals surface area contributed by atoms with Crippen molar-refractivity contribution in [1.29, 1.82) is 0 Å². The Labute approximate surface area is 161 Å². The predicted molar refractivity (Wildman–Crippen MR) is 107 cm³/mol. The number of rotatable bonds is 8. The monoisotopic (exact) mass is 374 g/mol. The number of amides is 1. The maximum Gasteiger partial charge on any atom is 0.223 e. The summed E-state index contributed by atoms with van der Waals surface area (Å²) in [5.74, 6) is 1.75. The molecule has 1 saturated carbocycles. The van der Waals surface area contributed by atoms with Gasteiger partial charge in [-0.15, -0.1) is 12.4 Å². The zero-order valence-electron chi connectivity index (χ0n) is 15.1. The summed E-state index contributed by atoms with van der Waals surface area (Å²) in [4.78, 5) is 12.2. The standard InChI is InChI=1S/C21H26N2O2.ClH/c1-15(12-22)13-23-21(24)20-11-19(20)17-7-9-18(10-8-17)25-14-16-5-3-2-4-6-16;/h2-10,15,19-20H,11-14,22H2,1H3,(H,23,24);1H. The van der Waals surface area contributed by atoms with E-state index >= 15 is 0 Å². The van der Waals surface area contributed by atoms with Crippen LogP contribution in [0, 0.1) is 11.8 Å². The van der Waals surface area contributed by atoms with Gasteiger partial charge in [-0.3, -0.25) is 4.79 Å². The molecule has 3 atom stereocenters. The second kappa shape index (κ2) is 9.60. The van der Waals surface area contributed by atoms with Gasteiger partial charge in [-0.2, -0.15) is 0 Å². The molecule has 0 heterocycles. The van der Waals surface area contributed by atoms with Crippen LogP contribution in [0.25, 0.3) is 0 Å². The third-order valence-electron chi connectivity index (χ3n) is 4.71. The van der Waals surface area contributed by atoms with Crippen LogP contribution in [0.5, 0.6) is 5.75 Å². The summed E-state index contributed by atoms with van der Waals surface area (Å²) >= 11 is 0. The van der Waals surface area contributed by atoms with Crippen molar-refractivity contribution >= 4 is 18.3 Å². The number of halogens is 1. The molecule has 0 bridgehead atoms. The fraction of sp³-hybridized carbons (Fsp3) is 0.381. The van der Waals surface area contributed by atoms with Crippen molar-refractivity contribution in [3.8, 4) is 5.75 Å². The van der Waals surface area contributed by atoms with Crippen molar-refractivity contribution in [2.75, 3.05) is 13.1 Å². The smallest absolute Gasteiger partial charge is 0.223 e. The Hall–Kier alpha value is -2.04. The molecule has 5 heteroatoms. The summed E-state index contributed by atoms with van der Waals surface area (Å²) in [6.07, 6.45) is 0.924. The molecule has 26 heavy (non-hydrogen) atoms. The molecule has 3 rings (SSSR count). The summed E-state index contributed by atoms with van der Waals surface area (Å²) in [6.45, 7) is 3.86. The van der Waals surface area contributed by atoms with E-state index < -0.39 is 0 Å². The van der Waals surface area contributed by atoms with Crippen LogP contribution in [0.3, 0.4) is 0 Å². The zero-order chi connectivity index (χ0) is 17.6. The summed E-state index contributed by atoms with van der Waals surface area (Å²) in [5.41, 5.74) is 7.94. The van der Waals surface area contributed by atoms with Gasteiger partial charge in [0.05, 0.1) is 0 Å². The normalized spacial score (nSPS) is 19.2. The van der Waals surface area contributed by atoms with Crippen LogP contribution in [0.1, 0.15) is 30.4 Å². The molecule has 1 aliphatic rings. The summed E-state index contributed by atoms with van der Waals surface area (Å²) in [5, 5.41) is 3.00. The highest BCUT2D eigenvalue weighted by Gasteiger charge is 2.43. The van der Waals surface area contributed by atoms with Gasteiger partial charge in [0.15, 0.2) is 0 Å². The van der Waals surface area contributed by atoms with Crippen LogP contribution in [0.2, 0.25) is 0 Å². The highest BCUT2D eigenvalue weighted by atomic mass is 35.5. The largest absolute Gasteiger partial charge is 0.489 e. The first-order chi connectivity index (χ1) is 12.2. The SMILES string of the molecule is CC(CN)CNC(=O)C1CC1c1ccc(OCc2ccccc2)cc1.Cl. The molecule has 0 aromatic heterocycles. The van der Waals surface area contributed by atoms with E-state index in [9.17, 15) is 4.79 Å². The molecule has 3 N–H and O–H groups in total. The molecule has 0 saturated heterocycles. The molecule has 4 nitrogen and oxygen atoms in total. The van der Waals surface area contributed by atoms with Gasteiger partial charge < -0.3 is 15.8 Å². The molecule has 2 aromatic rings. The number of hydrogen-bond acceptors (Lipinski definition) is 3. The third-order valence-corrected chi connectivity index (χ3v) is 4.71. The van der Waals surface area contributed by atoms with Gasteiger partial charge in [-0.1, -0.05) is 49.4 Å². The van der Waals surface area contributed by atoms with Gasteiger partial charge in [0.25, 0.3) is 0 Å². The van der Waals surface area contributed by atoms with Crippen LogP contribution in [0.15, 0.2) is 54.6 Å². The number of carbonyl (C=O) groups is 1. The van der Waals surface area contributed by atoms with E-state index in [0.29, 0.717) is 31.5 Å². The molecule has 1 aliphatic carbocycles. The average molecular weight is 375 g/mol. The Balaban J connectivity index is 0.00000243. The molecule has 3 unspecified atom stereocenters. The molecule has 0 spiro atoms. The van der Waals surface area contributed by atoms with Gasteiger partial charge in [0.1, 0.15) is 12.4 Å². The lowest BCUT2D eigenvalue weighted by atomic mass is 10.1. The summed E-state index contributed by atoms with van der Waals surface area (Å²) in [7, 11) is 0. The number of nitrogens with one attached hydrogen (secondary N) is 1. The third kappa shape index (κ3) is 5.48. The topological polar surface area (TPSA) is 64.3 Å². The average Bonchev–Trinajstić information content (AvgIpc) is 3.46. The molecule has 0 radical (unpaired) electrons. The lowest BCUT2D eigenvalue weighted by Gasteiger charge is -2.10. The Morgan fingerprint density at radius 1 is 1.19 bits per heavy atom. The molecule has 0 aliphatic heterocycles. The first-order valence-electron chi connectivity index (χ1n) is 8.92. The molecular formula is C21H27ClN2O2. The zero-order valence-corrected chi connectivity index (χ0v) is 15.9. The number of hydrogen-bond donors (Lipinski definition) is 2.